The zero-order valence-corrected chi connectivity index (χ0v) is 12.7. The van der Waals surface area contributed by atoms with Crippen LogP contribution in [0.15, 0.2) is 34.5 Å². The molecule has 2 aliphatic rings. The molecule has 0 saturated carbocycles. The SMILES string of the molecule is Cc1cnc(NC(=O)C2=CN3CCS(=O)(=O)N=C3C=C2)s1. The number of aryl methyl sites for hydroxylation is 1. The molecular formula is C12H12N4O3S2. The molecule has 1 amide bonds. The summed E-state index contributed by atoms with van der Waals surface area (Å²) in [5.41, 5.74) is 0.432. The number of anilines is 1. The third kappa shape index (κ3) is 3.03. The molecule has 0 unspecified atom stereocenters. The second kappa shape index (κ2) is 5.08. The molecular weight excluding hydrogens is 312 g/mol. The molecule has 0 bridgehead atoms. The van der Waals surface area contributed by atoms with E-state index in [9.17, 15) is 13.2 Å². The summed E-state index contributed by atoms with van der Waals surface area (Å²) in [5.74, 6) is -0.00233. The van der Waals surface area contributed by atoms with E-state index < -0.39 is 10.0 Å². The number of amidine groups is 1. The van der Waals surface area contributed by atoms with Crippen molar-refractivity contribution in [2.24, 2.45) is 4.40 Å². The number of carbonyl (C=O) groups is 1. The number of rotatable bonds is 2. The molecule has 110 valence electrons. The molecule has 0 atom stereocenters. The van der Waals surface area contributed by atoms with Crippen molar-refractivity contribution in [1.82, 2.24) is 9.88 Å². The van der Waals surface area contributed by atoms with Crippen LogP contribution in [-0.4, -0.2) is 42.3 Å². The highest BCUT2D eigenvalue weighted by atomic mass is 32.2. The smallest absolute Gasteiger partial charge is 0.258 e. The van der Waals surface area contributed by atoms with Crippen LogP contribution in [0.5, 0.6) is 0 Å². The molecule has 0 radical (unpaired) electrons. The molecule has 7 nitrogen and oxygen atoms in total. The second-order valence-electron chi connectivity index (χ2n) is 4.58. The fourth-order valence-electron chi connectivity index (χ4n) is 1.92. The van der Waals surface area contributed by atoms with Crippen LogP contribution in [-0.2, 0) is 14.8 Å². The molecule has 9 heteroatoms. The summed E-state index contributed by atoms with van der Waals surface area (Å²) in [6.07, 6.45) is 6.36. The zero-order valence-electron chi connectivity index (χ0n) is 11.1. The normalized spacial score (nSPS) is 19.6. The van der Waals surface area contributed by atoms with Crippen molar-refractivity contribution in [2.75, 3.05) is 17.6 Å². The van der Waals surface area contributed by atoms with E-state index in [1.807, 2.05) is 6.92 Å². The van der Waals surface area contributed by atoms with Gasteiger partial charge in [-0.3, -0.25) is 10.1 Å². The van der Waals surface area contributed by atoms with Gasteiger partial charge in [-0.1, -0.05) is 0 Å². The van der Waals surface area contributed by atoms with Crippen molar-refractivity contribution >= 4 is 38.2 Å². The van der Waals surface area contributed by atoms with Crippen LogP contribution in [0.25, 0.3) is 0 Å². The molecule has 21 heavy (non-hydrogen) atoms. The summed E-state index contributed by atoms with van der Waals surface area (Å²) >= 11 is 1.39. The van der Waals surface area contributed by atoms with E-state index >= 15 is 0 Å². The molecule has 0 saturated heterocycles. The summed E-state index contributed by atoms with van der Waals surface area (Å²) in [5, 5.41) is 3.24. The Morgan fingerprint density at radius 2 is 2.24 bits per heavy atom. The number of amides is 1. The van der Waals surface area contributed by atoms with Crippen molar-refractivity contribution in [3.63, 3.8) is 0 Å². The van der Waals surface area contributed by atoms with E-state index in [0.29, 0.717) is 23.1 Å². The Labute approximate surface area is 125 Å². The highest BCUT2D eigenvalue weighted by Crippen LogP contribution is 2.20. The fraction of sp³-hybridized carbons (Fsp3) is 0.250. The maximum absolute atomic E-state index is 12.1. The maximum atomic E-state index is 12.1. The molecule has 1 N–H and O–H groups in total. The number of hydrogen-bond acceptors (Lipinski definition) is 6. The van der Waals surface area contributed by atoms with Crippen LogP contribution in [0, 0.1) is 6.92 Å². The Bertz CT molecular complexity index is 789. The number of carbonyl (C=O) groups excluding carboxylic acids is 1. The van der Waals surface area contributed by atoms with E-state index in [1.54, 1.807) is 23.4 Å². The van der Waals surface area contributed by atoms with Gasteiger partial charge < -0.3 is 4.90 Å². The van der Waals surface area contributed by atoms with Gasteiger partial charge in [0.1, 0.15) is 5.84 Å². The number of thiazole rings is 1. The largest absolute Gasteiger partial charge is 0.330 e. The van der Waals surface area contributed by atoms with Gasteiger partial charge >= 0.3 is 0 Å². The summed E-state index contributed by atoms with van der Waals surface area (Å²) in [4.78, 5) is 18.9. The maximum Gasteiger partial charge on any atom is 0.258 e. The van der Waals surface area contributed by atoms with Gasteiger partial charge in [0, 0.05) is 23.8 Å². The molecule has 2 aliphatic heterocycles. The first kappa shape index (κ1) is 14.0. The van der Waals surface area contributed by atoms with Crippen LogP contribution < -0.4 is 5.32 Å². The zero-order chi connectivity index (χ0) is 15.0. The third-order valence-corrected chi connectivity index (χ3v) is 4.92. The van der Waals surface area contributed by atoms with Gasteiger partial charge in [0.15, 0.2) is 5.13 Å². The summed E-state index contributed by atoms with van der Waals surface area (Å²) < 4.78 is 26.5. The first-order chi connectivity index (χ1) is 9.93. The van der Waals surface area contributed by atoms with Gasteiger partial charge in [0.2, 0.25) is 0 Å². The lowest BCUT2D eigenvalue weighted by molar-refractivity contribution is -0.112. The standard InChI is InChI=1S/C12H12N4O3S2/c1-8-6-13-12(20-8)14-11(17)9-2-3-10-15-21(18,19)5-4-16(10)7-9/h2-3,6-7H,4-5H2,1H3,(H,13,14,17). The molecule has 3 heterocycles. The first-order valence-corrected chi connectivity index (χ1v) is 8.58. The number of sulfonamides is 1. The lowest BCUT2D eigenvalue weighted by atomic mass is 10.2. The van der Waals surface area contributed by atoms with Crippen LogP contribution in [0.1, 0.15) is 4.88 Å². The molecule has 0 spiro atoms. The van der Waals surface area contributed by atoms with Crippen LogP contribution in [0.4, 0.5) is 5.13 Å². The average Bonchev–Trinajstić information content (AvgIpc) is 2.82. The number of hydrogen-bond donors (Lipinski definition) is 1. The monoisotopic (exact) mass is 324 g/mol. The fourth-order valence-corrected chi connectivity index (χ4v) is 3.55. The predicted octanol–water partition coefficient (Wildman–Crippen LogP) is 0.888. The highest BCUT2D eigenvalue weighted by molar-refractivity contribution is 7.90. The van der Waals surface area contributed by atoms with Gasteiger partial charge in [-0.05, 0) is 19.1 Å². The van der Waals surface area contributed by atoms with Gasteiger partial charge in [-0.25, -0.2) is 13.4 Å². The Kier molecular flexibility index (Phi) is 3.38. The quantitative estimate of drug-likeness (QED) is 0.872. The Morgan fingerprint density at radius 3 is 2.95 bits per heavy atom. The van der Waals surface area contributed by atoms with Crippen molar-refractivity contribution in [3.8, 4) is 0 Å². The van der Waals surface area contributed by atoms with Crippen LogP contribution in [0.3, 0.4) is 0 Å². The van der Waals surface area contributed by atoms with E-state index in [0.717, 1.165) is 4.88 Å². The molecule has 0 aliphatic carbocycles. The number of nitrogens with zero attached hydrogens (tertiary/aromatic N) is 3. The van der Waals surface area contributed by atoms with E-state index in [4.69, 9.17) is 0 Å². The number of aromatic nitrogens is 1. The molecule has 0 aromatic carbocycles. The summed E-state index contributed by atoms with van der Waals surface area (Å²) in [6, 6.07) is 0. The van der Waals surface area contributed by atoms with Crippen molar-refractivity contribution in [1.29, 1.82) is 0 Å². The van der Waals surface area contributed by atoms with Gasteiger partial charge in [0.05, 0.1) is 11.3 Å². The van der Waals surface area contributed by atoms with Gasteiger partial charge in [-0.15, -0.1) is 15.7 Å². The lowest BCUT2D eigenvalue weighted by Crippen LogP contribution is -2.37. The van der Waals surface area contributed by atoms with Gasteiger partial charge in [0.25, 0.3) is 15.9 Å². The van der Waals surface area contributed by atoms with Crippen LogP contribution >= 0.6 is 11.3 Å². The van der Waals surface area contributed by atoms with Crippen molar-refractivity contribution in [2.45, 2.75) is 6.92 Å². The molecule has 1 aromatic heterocycles. The topological polar surface area (TPSA) is 91.7 Å². The predicted molar refractivity (Wildman–Crippen MR) is 80.6 cm³/mol. The third-order valence-electron chi connectivity index (χ3n) is 2.93. The van der Waals surface area contributed by atoms with Gasteiger partial charge in [-0.2, -0.15) is 0 Å². The Balaban J connectivity index is 1.78. The Hall–Kier alpha value is -2.00. The van der Waals surface area contributed by atoms with E-state index in [-0.39, 0.29) is 11.7 Å². The minimum absolute atomic E-state index is 0.0542. The summed E-state index contributed by atoms with van der Waals surface area (Å²) in [7, 11) is -3.38. The average molecular weight is 324 g/mol. The minimum Gasteiger partial charge on any atom is -0.330 e. The summed E-state index contributed by atoms with van der Waals surface area (Å²) in [6.45, 7) is 2.20. The molecule has 0 fully saturated rings. The molecule has 1 aromatic rings. The highest BCUT2D eigenvalue weighted by Gasteiger charge is 2.25. The second-order valence-corrected chi connectivity index (χ2v) is 7.57. The Morgan fingerprint density at radius 1 is 1.43 bits per heavy atom. The van der Waals surface area contributed by atoms with E-state index in [1.165, 1.54) is 17.4 Å². The number of nitrogens with one attached hydrogen (secondary N) is 1. The number of fused-ring (bicyclic) bond motifs is 1. The molecule has 3 rings (SSSR count). The lowest BCUT2D eigenvalue weighted by Gasteiger charge is -2.26. The van der Waals surface area contributed by atoms with E-state index in [2.05, 4.69) is 14.7 Å². The van der Waals surface area contributed by atoms with Crippen molar-refractivity contribution in [3.05, 3.63) is 35.0 Å². The van der Waals surface area contributed by atoms with Crippen LogP contribution in [0.2, 0.25) is 0 Å². The first-order valence-electron chi connectivity index (χ1n) is 6.16. The van der Waals surface area contributed by atoms with Crippen molar-refractivity contribution < 1.29 is 13.2 Å². The minimum atomic E-state index is -3.38.